The minimum absolute atomic E-state index is 0.0206. The third-order valence-electron chi connectivity index (χ3n) is 5.79. The first kappa shape index (κ1) is 18.7. The van der Waals surface area contributed by atoms with Gasteiger partial charge in [-0.25, -0.2) is 0 Å². The zero-order chi connectivity index (χ0) is 18.5. The molecule has 26 heavy (non-hydrogen) atoms. The van der Waals surface area contributed by atoms with Gasteiger partial charge in [0.05, 0.1) is 5.56 Å². The van der Waals surface area contributed by atoms with Gasteiger partial charge in [-0.3, -0.25) is 9.59 Å². The SMILES string of the molecule is CCC[C@H]1CCCN(C(=O)[C@H]2CCCN2C(=O)c2ccccc2O)CC1. The number of carbonyl (C=O) groups is 2. The van der Waals surface area contributed by atoms with Crippen LogP contribution in [0.15, 0.2) is 24.3 Å². The topological polar surface area (TPSA) is 60.9 Å². The van der Waals surface area contributed by atoms with Gasteiger partial charge in [-0.1, -0.05) is 31.9 Å². The van der Waals surface area contributed by atoms with E-state index in [1.807, 2.05) is 4.90 Å². The van der Waals surface area contributed by atoms with E-state index in [1.54, 1.807) is 23.1 Å². The lowest BCUT2D eigenvalue weighted by molar-refractivity contribution is -0.135. The van der Waals surface area contributed by atoms with Gasteiger partial charge in [0, 0.05) is 19.6 Å². The molecule has 0 radical (unpaired) electrons. The van der Waals surface area contributed by atoms with Gasteiger partial charge in [-0.2, -0.15) is 0 Å². The van der Waals surface area contributed by atoms with Gasteiger partial charge in [-0.15, -0.1) is 0 Å². The molecule has 2 amide bonds. The van der Waals surface area contributed by atoms with E-state index < -0.39 is 0 Å². The zero-order valence-corrected chi connectivity index (χ0v) is 15.7. The molecule has 5 nitrogen and oxygen atoms in total. The molecule has 0 bridgehead atoms. The first-order chi connectivity index (χ1) is 12.6. The minimum atomic E-state index is -0.384. The van der Waals surface area contributed by atoms with Crippen molar-refractivity contribution in [2.75, 3.05) is 19.6 Å². The molecule has 2 aliphatic rings. The lowest BCUT2D eigenvalue weighted by atomic mass is 9.96. The summed E-state index contributed by atoms with van der Waals surface area (Å²) in [5, 5.41) is 9.99. The van der Waals surface area contributed by atoms with Crippen LogP contribution in [0, 0.1) is 5.92 Å². The summed E-state index contributed by atoms with van der Waals surface area (Å²) in [5.74, 6) is 0.550. The van der Waals surface area contributed by atoms with Gasteiger partial charge in [0.2, 0.25) is 5.91 Å². The third-order valence-corrected chi connectivity index (χ3v) is 5.79. The van der Waals surface area contributed by atoms with Crippen molar-refractivity contribution >= 4 is 11.8 Å². The molecule has 2 saturated heterocycles. The highest BCUT2D eigenvalue weighted by Crippen LogP contribution is 2.27. The highest BCUT2D eigenvalue weighted by Gasteiger charge is 2.37. The minimum Gasteiger partial charge on any atom is -0.507 e. The van der Waals surface area contributed by atoms with E-state index in [0.29, 0.717) is 13.0 Å². The van der Waals surface area contributed by atoms with Gasteiger partial charge in [-0.05, 0) is 50.2 Å². The summed E-state index contributed by atoms with van der Waals surface area (Å²) in [7, 11) is 0. The summed E-state index contributed by atoms with van der Waals surface area (Å²) in [6, 6.07) is 6.19. The van der Waals surface area contributed by atoms with Crippen LogP contribution >= 0.6 is 0 Å². The molecular formula is C21H30N2O3. The molecule has 0 spiro atoms. The molecule has 1 aromatic carbocycles. The van der Waals surface area contributed by atoms with Crippen molar-refractivity contribution in [3.63, 3.8) is 0 Å². The second kappa shape index (κ2) is 8.56. The smallest absolute Gasteiger partial charge is 0.258 e. The maximum Gasteiger partial charge on any atom is 0.258 e. The van der Waals surface area contributed by atoms with Crippen LogP contribution < -0.4 is 0 Å². The van der Waals surface area contributed by atoms with E-state index in [1.165, 1.54) is 25.3 Å². The summed E-state index contributed by atoms with van der Waals surface area (Å²) in [4.78, 5) is 29.6. The maximum absolute atomic E-state index is 13.1. The molecule has 5 heteroatoms. The molecule has 0 saturated carbocycles. The highest BCUT2D eigenvalue weighted by molar-refractivity contribution is 5.99. The van der Waals surface area contributed by atoms with E-state index in [2.05, 4.69) is 6.92 Å². The highest BCUT2D eigenvalue weighted by atomic mass is 16.3. The Balaban J connectivity index is 1.68. The van der Waals surface area contributed by atoms with Gasteiger partial charge in [0.1, 0.15) is 11.8 Å². The average molecular weight is 358 g/mol. The standard InChI is InChI=1S/C21H30N2O3/c1-2-7-16-8-5-13-22(15-12-16)21(26)18-10-6-14-23(18)20(25)17-9-3-4-11-19(17)24/h3-4,9,11,16,18,24H,2,5-8,10,12-15H2,1H3/t16-,18+/m0/s1. The number of aromatic hydroxyl groups is 1. The average Bonchev–Trinajstić information content (AvgIpc) is 3.02. The molecular weight excluding hydrogens is 328 g/mol. The van der Waals surface area contributed by atoms with Crippen LogP contribution in [0.4, 0.5) is 0 Å². The summed E-state index contributed by atoms with van der Waals surface area (Å²) in [5.41, 5.74) is 0.283. The summed E-state index contributed by atoms with van der Waals surface area (Å²) >= 11 is 0. The molecule has 3 rings (SSSR count). The monoisotopic (exact) mass is 358 g/mol. The fourth-order valence-corrected chi connectivity index (χ4v) is 4.37. The van der Waals surface area contributed by atoms with Crippen LogP contribution in [0.5, 0.6) is 5.75 Å². The fourth-order valence-electron chi connectivity index (χ4n) is 4.37. The molecule has 2 heterocycles. The van der Waals surface area contributed by atoms with Crippen LogP contribution in [0.1, 0.15) is 62.2 Å². The van der Waals surface area contributed by atoms with Gasteiger partial charge in [0.15, 0.2) is 0 Å². The largest absolute Gasteiger partial charge is 0.507 e. The number of hydrogen-bond acceptors (Lipinski definition) is 3. The van der Waals surface area contributed by atoms with Crippen molar-refractivity contribution in [3.8, 4) is 5.75 Å². The third kappa shape index (κ3) is 4.02. The van der Waals surface area contributed by atoms with E-state index in [4.69, 9.17) is 0 Å². The number of para-hydroxylation sites is 1. The normalized spacial score (nSPS) is 23.7. The van der Waals surface area contributed by atoms with Crippen molar-refractivity contribution in [3.05, 3.63) is 29.8 Å². The molecule has 142 valence electrons. The van der Waals surface area contributed by atoms with Gasteiger partial charge >= 0.3 is 0 Å². The van der Waals surface area contributed by atoms with Gasteiger partial charge < -0.3 is 14.9 Å². The Kier molecular flexibility index (Phi) is 6.17. The van der Waals surface area contributed by atoms with Crippen molar-refractivity contribution in [1.82, 2.24) is 9.80 Å². The van der Waals surface area contributed by atoms with E-state index in [-0.39, 0.29) is 29.2 Å². The van der Waals surface area contributed by atoms with Crippen LogP contribution in [0.3, 0.4) is 0 Å². The van der Waals surface area contributed by atoms with Crippen LogP contribution in [0.25, 0.3) is 0 Å². The van der Waals surface area contributed by atoms with Crippen molar-refractivity contribution in [2.45, 2.75) is 57.9 Å². The summed E-state index contributed by atoms with van der Waals surface area (Å²) in [6.45, 7) is 4.40. The molecule has 2 fully saturated rings. The molecule has 1 N–H and O–H groups in total. The number of likely N-dealkylation sites (tertiary alicyclic amines) is 2. The number of nitrogens with zero attached hydrogens (tertiary/aromatic N) is 2. The second-order valence-corrected chi connectivity index (χ2v) is 7.58. The van der Waals surface area contributed by atoms with E-state index in [0.717, 1.165) is 38.3 Å². The van der Waals surface area contributed by atoms with Crippen molar-refractivity contribution < 1.29 is 14.7 Å². The number of rotatable bonds is 4. The lowest BCUT2D eigenvalue weighted by Gasteiger charge is -2.30. The first-order valence-electron chi connectivity index (χ1n) is 9.99. The Morgan fingerprint density at radius 3 is 2.62 bits per heavy atom. The van der Waals surface area contributed by atoms with Crippen LogP contribution in [-0.2, 0) is 4.79 Å². The number of phenols is 1. The molecule has 2 atom stereocenters. The number of hydrogen-bond donors (Lipinski definition) is 1. The fraction of sp³-hybridized carbons (Fsp3) is 0.619. The number of carbonyl (C=O) groups excluding carboxylic acids is 2. The van der Waals surface area contributed by atoms with Crippen molar-refractivity contribution in [2.24, 2.45) is 5.92 Å². The van der Waals surface area contributed by atoms with Crippen LogP contribution in [-0.4, -0.2) is 52.4 Å². The van der Waals surface area contributed by atoms with E-state index >= 15 is 0 Å². The Labute approximate surface area is 156 Å². The molecule has 0 aromatic heterocycles. The zero-order valence-electron chi connectivity index (χ0n) is 15.7. The molecule has 0 aliphatic carbocycles. The Bertz CT molecular complexity index is 646. The van der Waals surface area contributed by atoms with Crippen LogP contribution in [0.2, 0.25) is 0 Å². The lowest BCUT2D eigenvalue weighted by Crippen LogP contribution is -2.48. The quantitative estimate of drug-likeness (QED) is 0.897. The second-order valence-electron chi connectivity index (χ2n) is 7.58. The number of amides is 2. The summed E-state index contributed by atoms with van der Waals surface area (Å²) < 4.78 is 0. The Morgan fingerprint density at radius 1 is 1.08 bits per heavy atom. The Hall–Kier alpha value is -2.04. The number of benzene rings is 1. The van der Waals surface area contributed by atoms with Crippen molar-refractivity contribution in [1.29, 1.82) is 0 Å². The molecule has 1 aromatic rings. The summed E-state index contributed by atoms with van der Waals surface area (Å²) in [6.07, 6.45) is 7.31. The molecule has 2 aliphatic heterocycles. The molecule has 0 unspecified atom stereocenters. The van der Waals surface area contributed by atoms with Gasteiger partial charge in [0.25, 0.3) is 5.91 Å². The predicted molar refractivity (Wildman–Crippen MR) is 101 cm³/mol. The maximum atomic E-state index is 13.1. The first-order valence-corrected chi connectivity index (χ1v) is 9.99. The number of phenolic OH excluding ortho intramolecular Hbond substituents is 1. The Morgan fingerprint density at radius 2 is 1.85 bits per heavy atom. The van der Waals surface area contributed by atoms with E-state index in [9.17, 15) is 14.7 Å². The predicted octanol–water partition coefficient (Wildman–Crippen LogP) is 3.43.